The molecule has 0 atom stereocenters. The summed E-state index contributed by atoms with van der Waals surface area (Å²) in [6.07, 6.45) is 3.92. The van der Waals surface area contributed by atoms with Gasteiger partial charge >= 0.3 is 5.82 Å². The summed E-state index contributed by atoms with van der Waals surface area (Å²) in [5, 5.41) is 16.4. The Bertz CT molecular complexity index is 616. The molecule has 7 nitrogen and oxygen atoms in total. The largest absolute Gasteiger partial charge is 0.373 e. The minimum Gasteiger partial charge on any atom is -0.358 e. The SMILES string of the molecule is CN(CC1CCNCC1)c1nc2sccn2c1[N+](=O)[O-]. The highest BCUT2D eigenvalue weighted by Gasteiger charge is 2.27. The Hall–Kier alpha value is -1.67. The minimum absolute atomic E-state index is 0.0673. The summed E-state index contributed by atoms with van der Waals surface area (Å²) in [6.45, 7) is 2.87. The van der Waals surface area contributed by atoms with E-state index in [0.717, 1.165) is 32.5 Å². The smallest absolute Gasteiger partial charge is 0.358 e. The third-order valence-corrected chi connectivity index (χ3v) is 4.50. The minimum atomic E-state index is -0.346. The molecule has 8 heteroatoms. The molecule has 1 aliphatic rings. The van der Waals surface area contributed by atoms with Gasteiger partial charge in [0.25, 0.3) is 4.96 Å². The van der Waals surface area contributed by atoms with Gasteiger partial charge in [0.15, 0.2) is 0 Å². The molecule has 3 heterocycles. The fourth-order valence-electron chi connectivity index (χ4n) is 2.73. The van der Waals surface area contributed by atoms with Gasteiger partial charge in [-0.2, -0.15) is 9.38 Å². The molecule has 3 rings (SSSR count). The van der Waals surface area contributed by atoms with Crippen molar-refractivity contribution in [1.29, 1.82) is 0 Å². The lowest BCUT2D eigenvalue weighted by molar-refractivity contribution is -0.389. The molecule has 0 amide bonds. The average Bonchev–Trinajstić information content (AvgIpc) is 2.98. The fourth-order valence-corrected chi connectivity index (χ4v) is 3.43. The van der Waals surface area contributed by atoms with Crippen molar-refractivity contribution in [3.8, 4) is 0 Å². The zero-order chi connectivity index (χ0) is 14.1. The molecule has 20 heavy (non-hydrogen) atoms. The monoisotopic (exact) mass is 295 g/mol. The number of rotatable bonds is 4. The molecule has 2 aromatic rings. The van der Waals surface area contributed by atoms with Crippen molar-refractivity contribution in [3.05, 3.63) is 21.7 Å². The van der Waals surface area contributed by atoms with Gasteiger partial charge in [0.05, 0.1) is 0 Å². The Labute approximate surface area is 120 Å². The number of anilines is 1. The lowest BCUT2D eigenvalue weighted by Gasteiger charge is -2.27. The predicted octanol–water partition coefficient (Wildman–Crippen LogP) is 1.74. The molecular formula is C12H17N5O2S. The van der Waals surface area contributed by atoms with E-state index in [1.165, 1.54) is 11.3 Å². The van der Waals surface area contributed by atoms with Crippen LogP contribution in [0, 0.1) is 16.0 Å². The molecule has 2 aromatic heterocycles. The molecule has 0 radical (unpaired) electrons. The quantitative estimate of drug-likeness (QED) is 0.687. The molecule has 1 aliphatic heterocycles. The van der Waals surface area contributed by atoms with Gasteiger partial charge < -0.3 is 20.3 Å². The molecule has 0 unspecified atom stereocenters. The molecule has 1 saturated heterocycles. The Morgan fingerprint density at radius 2 is 2.35 bits per heavy atom. The first kappa shape index (κ1) is 13.3. The third kappa shape index (κ3) is 2.36. The second-order valence-electron chi connectivity index (χ2n) is 5.15. The van der Waals surface area contributed by atoms with Crippen LogP contribution in [0.5, 0.6) is 0 Å². The summed E-state index contributed by atoms with van der Waals surface area (Å²) in [5.41, 5.74) is 0. The normalized spacial score (nSPS) is 16.6. The number of fused-ring (bicyclic) bond motifs is 1. The van der Waals surface area contributed by atoms with Crippen LogP contribution in [0.3, 0.4) is 0 Å². The number of thiazole rings is 1. The van der Waals surface area contributed by atoms with Crippen molar-refractivity contribution in [2.75, 3.05) is 31.6 Å². The summed E-state index contributed by atoms with van der Waals surface area (Å²) in [4.78, 5) is 18.0. The van der Waals surface area contributed by atoms with Crippen LogP contribution >= 0.6 is 11.3 Å². The third-order valence-electron chi connectivity index (χ3n) is 3.74. The molecule has 1 N–H and O–H groups in total. The van der Waals surface area contributed by atoms with E-state index < -0.39 is 0 Å². The van der Waals surface area contributed by atoms with Gasteiger partial charge in [0, 0.05) is 19.0 Å². The highest BCUT2D eigenvalue weighted by atomic mass is 32.1. The molecule has 0 aliphatic carbocycles. The maximum absolute atomic E-state index is 11.3. The Morgan fingerprint density at radius 3 is 3.05 bits per heavy atom. The molecular weight excluding hydrogens is 278 g/mol. The van der Waals surface area contributed by atoms with Gasteiger partial charge in [0.2, 0.25) is 5.82 Å². The van der Waals surface area contributed by atoms with Crippen LogP contribution in [0.4, 0.5) is 11.6 Å². The predicted molar refractivity (Wildman–Crippen MR) is 78.6 cm³/mol. The van der Waals surface area contributed by atoms with Crippen molar-refractivity contribution in [3.63, 3.8) is 0 Å². The number of imidazole rings is 1. The molecule has 1 fully saturated rings. The van der Waals surface area contributed by atoms with E-state index in [4.69, 9.17) is 0 Å². The van der Waals surface area contributed by atoms with Crippen molar-refractivity contribution >= 4 is 27.9 Å². The number of piperidine rings is 1. The first-order chi connectivity index (χ1) is 9.66. The molecule has 0 spiro atoms. The van der Waals surface area contributed by atoms with Crippen LogP contribution < -0.4 is 10.2 Å². The molecule has 108 valence electrons. The van der Waals surface area contributed by atoms with Gasteiger partial charge in [-0.05, 0) is 36.8 Å². The Morgan fingerprint density at radius 1 is 1.60 bits per heavy atom. The van der Waals surface area contributed by atoms with Crippen molar-refractivity contribution in [2.45, 2.75) is 12.8 Å². The lowest BCUT2D eigenvalue weighted by Crippen LogP contribution is -2.34. The molecule has 0 bridgehead atoms. The van der Waals surface area contributed by atoms with Crippen LogP contribution in [0.25, 0.3) is 4.96 Å². The second kappa shape index (κ2) is 5.37. The number of hydrogen-bond acceptors (Lipinski definition) is 6. The van der Waals surface area contributed by atoms with Crippen LogP contribution in [-0.2, 0) is 0 Å². The first-order valence-electron chi connectivity index (χ1n) is 6.68. The van der Waals surface area contributed by atoms with E-state index in [9.17, 15) is 10.1 Å². The summed E-state index contributed by atoms with van der Waals surface area (Å²) < 4.78 is 1.55. The molecule has 0 aromatic carbocycles. The standard InChI is InChI=1S/C12H17N5O2S/c1-15(8-9-2-4-13-5-3-9)10-11(17(18)19)16-6-7-20-12(16)14-10/h6-7,9,13H,2-5,8H2,1H3. The van der Waals surface area contributed by atoms with E-state index in [1.54, 1.807) is 10.6 Å². The van der Waals surface area contributed by atoms with E-state index in [-0.39, 0.29) is 10.7 Å². The van der Waals surface area contributed by atoms with E-state index in [1.807, 2.05) is 17.3 Å². The van der Waals surface area contributed by atoms with E-state index in [0.29, 0.717) is 16.7 Å². The second-order valence-corrected chi connectivity index (χ2v) is 6.02. The van der Waals surface area contributed by atoms with Gasteiger partial charge in [-0.25, -0.2) is 0 Å². The number of nitrogens with one attached hydrogen (secondary N) is 1. The zero-order valence-electron chi connectivity index (χ0n) is 11.3. The van der Waals surface area contributed by atoms with Crippen LogP contribution in [0.2, 0.25) is 0 Å². The van der Waals surface area contributed by atoms with Crippen molar-refractivity contribution in [2.24, 2.45) is 5.92 Å². The maximum atomic E-state index is 11.3. The Balaban J connectivity index is 1.86. The van der Waals surface area contributed by atoms with Gasteiger partial charge in [-0.3, -0.25) is 0 Å². The number of hydrogen-bond donors (Lipinski definition) is 1. The summed E-state index contributed by atoms with van der Waals surface area (Å²) >= 11 is 1.41. The van der Waals surface area contributed by atoms with Crippen LogP contribution in [0.1, 0.15) is 12.8 Å². The van der Waals surface area contributed by atoms with E-state index >= 15 is 0 Å². The summed E-state index contributed by atoms with van der Waals surface area (Å²) in [6, 6.07) is 0. The van der Waals surface area contributed by atoms with Crippen LogP contribution in [-0.4, -0.2) is 41.0 Å². The maximum Gasteiger partial charge on any atom is 0.373 e. The van der Waals surface area contributed by atoms with Gasteiger partial charge in [-0.1, -0.05) is 11.3 Å². The molecule has 0 saturated carbocycles. The summed E-state index contributed by atoms with van der Waals surface area (Å²) in [5.74, 6) is 1.11. The zero-order valence-corrected chi connectivity index (χ0v) is 12.1. The highest BCUT2D eigenvalue weighted by molar-refractivity contribution is 7.15. The Kier molecular flexibility index (Phi) is 3.58. The van der Waals surface area contributed by atoms with Gasteiger partial charge in [0.1, 0.15) is 6.20 Å². The highest BCUT2D eigenvalue weighted by Crippen LogP contribution is 2.31. The topological polar surface area (TPSA) is 75.7 Å². The van der Waals surface area contributed by atoms with Gasteiger partial charge in [-0.15, -0.1) is 0 Å². The number of aromatic nitrogens is 2. The average molecular weight is 295 g/mol. The summed E-state index contributed by atoms with van der Waals surface area (Å²) in [7, 11) is 1.89. The fraction of sp³-hybridized carbons (Fsp3) is 0.583. The number of nitro groups is 1. The van der Waals surface area contributed by atoms with E-state index in [2.05, 4.69) is 10.3 Å². The van der Waals surface area contributed by atoms with Crippen LogP contribution in [0.15, 0.2) is 11.6 Å². The van der Waals surface area contributed by atoms with Crippen molar-refractivity contribution < 1.29 is 4.92 Å². The number of nitrogens with zero attached hydrogens (tertiary/aromatic N) is 4. The lowest BCUT2D eigenvalue weighted by atomic mass is 9.98. The first-order valence-corrected chi connectivity index (χ1v) is 7.56. The van der Waals surface area contributed by atoms with Crippen molar-refractivity contribution in [1.82, 2.24) is 14.7 Å².